The second-order valence-electron chi connectivity index (χ2n) is 12.9. The molecule has 0 radical (unpaired) electrons. The quantitative estimate of drug-likeness (QED) is 0.0488. The fourth-order valence-corrected chi connectivity index (χ4v) is 12.1. The maximum atomic E-state index is 12.7. The van der Waals surface area contributed by atoms with E-state index in [0.29, 0.717) is 0 Å². The van der Waals surface area contributed by atoms with Gasteiger partial charge in [0.15, 0.2) is 29.2 Å². The molecule has 54 heavy (non-hydrogen) atoms. The lowest BCUT2D eigenvalue weighted by atomic mass is 10.0. The molecule has 26 nitrogen and oxygen atoms in total. The lowest BCUT2D eigenvalue weighted by Gasteiger charge is -2.37. The van der Waals surface area contributed by atoms with Crippen molar-refractivity contribution < 1.29 is 76.8 Å². The predicted octanol–water partition coefficient (Wildman–Crippen LogP) is -5.46. The number of hydrogen-bond donors (Lipinski definition) is 7. The molecular formula is C25H34N10O16P3-3. The van der Waals surface area contributed by atoms with Crippen LogP contribution in [-0.4, -0.2) is 110 Å². The molecule has 0 aliphatic carbocycles. The van der Waals surface area contributed by atoms with E-state index in [2.05, 4.69) is 29.2 Å². The zero-order chi connectivity index (χ0) is 39.7. The Labute approximate surface area is 302 Å². The first-order valence-electron chi connectivity index (χ1n) is 15.8. The molecule has 298 valence electrons. The van der Waals surface area contributed by atoms with Crippen molar-refractivity contribution in [1.82, 2.24) is 34.1 Å². The van der Waals surface area contributed by atoms with E-state index in [9.17, 15) is 58.7 Å². The first-order valence-corrected chi connectivity index (χ1v) is 21.0. The number of nitrogens with zero attached hydrogens (tertiary/aromatic N) is 7. The lowest BCUT2D eigenvalue weighted by Crippen LogP contribution is -2.46. The van der Waals surface area contributed by atoms with Crippen LogP contribution in [0.2, 0.25) is 0 Å². The number of aromatic nitrogens is 8. The van der Waals surface area contributed by atoms with Gasteiger partial charge in [-0.25, -0.2) is 14.5 Å². The van der Waals surface area contributed by atoms with Gasteiger partial charge in [0.1, 0.15) is 53.3 Å². The lowest BCUT2D eigenvalue weighted by molar-refractivity contribution is -0.745. The number of rotatable bonds is 13. The van der Waals surface area contributed by atoms with Crippen LogP contribution in [0.4, 0.5) is 11.9 Å². The largest absolute Gasteiger partial charge is 0.856 e. The number of nitrogens with two attached hydrogens (primary N) is 2. The number of fused-ring (bicyclic) bond motifs is 2. The normalized spacial score (nSPS) is 30.0. The van der Waals surface area contributed by atoms with Gasteiger partial charge in [-0.15, -0.1) is 0 Å². The number of aromatic amines is 1. The minimum Gasteiger partial charge on any atom is -0.856 e. The summed E-state index contributed by atoms with van der Waals surface area (Å²) in [4.78, 5) is 67.7. The van der Waals surface area contributed by atoms with Gasteiger partial charge in [-0.2, -0.15) is 4.98 Å². The van der Waals surface area contributed by atoms with Crippen molar-refractivity contribution in [2.24, 2.45) is 13.0 Å². The summed E-state index contributed by atoms with van der Waals surface area (Å²) in [5, 5.41) is 54.7. The molecule has 6 heterocycles. The van der Waals surface area contributed by atoms with Crippen molar-refractivity contribution in [3.63, 3.8) is 0 Å². The molecule has 2 fully saturated rings. The van der Waals surface area contributed by atoms with Gasteiger partial charge >= 0.3 is 5.65 Å². The molecule has 9 N–H and O–H groups in total. The van der Waals surface area contributed by atoms with Crippen molar-refractivity contribution >= 4 is 57.0 Å². The van der Waals surface area contributed by atoms with Crippen LogP contribution in [0.3, 0.4) is 0 Å². The molecule has 2 saturated heterocycles. The SMILES string of the molecule is CC(C[C@H]1O[C@@H](n2cnc3c(=O)[nH]c(N)nc32)C(O)[C@H]1O)CP(=O)([O-])OP(=O)([O-])CP(=O)([O-])OC[C@H]1O[C@@H]([n+]2cn(C)c3c([O-])nc(N)nc32)C(O)C1O. The van der Waals surface area contributed by atoms with Gasteiger partial charge in [-0.3, -0.25) is 23.2 Å². The van der Waals surface area contributed by atoms with Crippen LogP contribution in [0, 0.1) is 5.92 Å². The number of nitrogens with one attached hydrogen (secondary N) is 1. The molecular weight excluding hydrogens is 789 g/mol. The summed E-state index contributed by atoms with van der Waals surface area (Å²) in [6.07, 6.45) is -11.1. The Morgan fingerprint density at radius 1 is 1.00 bits per heavy atom. The molecule has 0 bridgehead atoms. The number of aryl methyl sites for hydroxylation is 1. The zero-order valence-corrected chi connectivity index (χ0v) is 30.7. The van der Waals surface area contributed by atoms with Gasteiger partial charge in [0.2, 0.25) is 12.2 Å². The second kappa shape index (κ2) is 14.6. The number of aliphatic hydroxyl groups is 4. The highest BCUT2D eigenvalue weighted by Gasteiger charge is 2.48. The van der Waals surface area contributed by atoms with E-state index >= 15 is 0 Å². The summed E-state index contributed by atoms with van der Waals surface area (Å²) in [5.74, 6) is -4.32. The Bertz CT molecular complexity index is 2270. The van der Waals surface area contributed by atoms with E-state index in [4.69, 9.17) is 25.5 Å². The monoisotopic (exact) mass is 823 g/mol. The standard InChI is InChI=1S/C25H37N10O16P3/c1-9(3-10-14(36)16(38)22(49-10)34-6-28-12-18(34)29-24(26)31-20(12)40)5-52(42,43)51-54(46,47)8-53(44,45)48-4-11-15(37)17(39)23(50-11)35-7-33(2)13-19(35)30-25(27)32-21(13)41/h6-7,9-11,14-17,22-23,36-39H,3-5,8H2,1-2H3,(H8-,26,27,29,30,31,32,40,41,42,43,44,45,46,47)/p-3/t9?,10-,11-,14+,15?,16?,17?,22-,23-/m1/s1. The Kier molecular flexibility index (Phi) is 10.8. The summed E-state index contributed by atoms with van der Waals surface area (Å²) in [6.45, 7) is 0.310. The van der Waals surface area contributed by atoms with Crippen LogP contribution in [0.5, 0.6) is 5.88 Å². The maximum Gasteiger partial charge on any atom is 0.309 e. The molecule has 2 aliphatic rings. The van der Waals surface area contributed by atoms with Crippen LogP contribution in [0.25, 0.3) is 22.3 Å². The first kappa shape index (κ1) is 40.2. The fourth-order valence-electron chi connectivity index (χ4n) is 6.33. The van der Waals surface area contributed by atoms with Crippen LogP contribution < -0.4 is 41.4 Å². The van der Waals surface area contributed by atoms with Crippen molar-refractivity contribution in [3.8, 4) is 5.88 Å². The van der Waals surface area contributed by atoms with Gasteiger partial charge in [-0.05, 0) is 12.3 Å². The van der Waals surface area contributed by atoms with Gasteiger partial charge in [0.25, 0.3) is 11.5 Å². The highest BCUT2D eigenvalue weighted by Crippen LogP contribution is 2.61. The van der Waals surface area contributed by atoms with E-state index in [1.54, 1.807) is 0 Å². The Morgan fingerprint density at radius 3 is 2.39 bits per heavy atom. The number of hydrogen-bond acceptors (Lipinski definition) is 22. The highest BCUT2D eigenvalue weighted by atomic mass is 31.3. The Morgan fingerprint density at radius 2 is 1.69 bits per heavy atom. The summed E-state index contributed by atoms with van der Waals surface area (Å²) in [5.41, 5.74) is 10.2. The van der Waals surface area contributed by atoms with Crippen molar-refractivity contribution in [2.45, 2.75) is 62.4 Å². The number of anilines is 2. The highest BCUT2D eigenvalue weighted by molar-refractivity contribution is 7.73. The first-order chi connectivity index (χ1) is 25.1. The fraction of sp³-hybridized carbons (Fsp3) is 0.600. The predicted molar refractivity (Wildman–Crippen MR) is 170 cm³/mol. The molecule has 2 aliphatic heterocycles. The van der Waals surface area contributed by atoms with Gasteiger partial charge < -0.3 is 79.4 Å². The van der Waals surface area contributed by atoms with Crippen LogP contribution in [0.1, 0.15) is 25.8 Å². The zero-order valence-electron chi connectivity index (χ0n) is 28.0. The molecule has 0 spiro atoms. The third-order valence-corrected chi connectivity index (χ3v) is 15.0. The van der Waals surface area contributed by atoms with E-state index in [1.165, 1.54) is 24.9 Å². The molecule has 4 aromatic rings. The molecule has 0 saturated carbocycles. The Hall–Kier alpha value is -3.45. The third-order valence-electron chi connectivity index (χ3n) is 8.62. The third kappa shape index (κ3) is 8.08. The Balaban J connectivity index is 1.03. The van der Waals surface area contributed by atoms with E-state index < -0.39 is 114 Å². The van der Waals surface area contributed by atoms with Crippen molar-refractivity contribution in [1.29, 1.82) is 0 Å². The molecule has 4 aromatic heterocycles. The molecule has 0 amide bonds. The van der Waals surface area contributed by atoms with Gasteiger partial charge in [0.05, 0.1) is 32.0 Å². The number of aliphatic hydroxyl groups excluding tert-OH is 4. The number of imidazole rings is 2. The summed E-state index contributed by atoms with van der Waals surface area (Å²) in [7, 11) is -15.1. The number of ether oxygens (including phenoxy) is 2. The van der Waals surface area contributed by atoms with E-state index in [1.807, 2.05) is 0 Å². The summed E-state index contributed by atoms with van der Waals surface area (Å²) >= 11 is 0. The molecule has 0 aromatic carbocycles. The maximum absolute atomic E-state index is 12.7. The van der Waals surface area contributed by atoms with Crippen LogP contribution >= 0.6 is 22.8 Å². The van der Waals surface area contributed by atoms with E-state index in [-0.39, 0.29) is 34.7 Å². The molecule has 7 unspecified atom stereocenters. The molecule has 29 heteroatoms. The minimum atomic E-state index is -5.72. The number of H-pyrrole nitrogens is 1. The smallest absolute Gasteiger partial charge is 0.309 e. The average molecular weight is 824 g/mol. The summed E-state index contributed by atoms with van der Waals surface area (Å²) in [6, 6.07) is 0. The average Bonchev–Trinajstić information content (AvgIpc) is 3.75. The van der Waals surface area contributed by atoms with Gasteiger partial charge in [0, 0.05) is 12.0 Å². The number of nitrogen functional groups attached to an aromatic ring is 2. The minimum absolute atomic E-state index is 0.0327. The molecule has 6 rings (SSSR count). The van der Waals surface area contributed by atoms with Gasteiger partial charge in [-0.1, -0.05) is 11.9 Å². The second-order valence-corrected chi connectivity index (χ2v) is 19.0. The van der Waals surface area contributed by atoms with Crippen LogP contribution in [-0.2, 0) is 39.1 Å². The van der Waals surface area contributed by atoms with E-state index in [0.717, 1.165) is 15.5 Å². The molecule has 12 atom stereocenters. The summed E-state index contributed by atoms with van der Waals surface area (Å²) < 4.78 is 61.9. The van der Waals surface area contributed by atoms with Crippen molar-refractivity contribution in [3.05, 3.63) is 23.0 Å². The van der Waals surface area contributed by atoms with Crippen LogP contribution in [0.15, 0.2) is 17.4 Å². The topological polar surface area (TPSA) is 411 Å². The van der Waals surface area contributed by atoms with Crippen molar-refractivity contribution in [2.75, 3.05) is 30.1 Å².